The van der Waals surface area contributed by atoms with Crippen molar-refractivity contribution in [3.05, 3.63) is 36.5 Å². The zero-order valence-corrected chi connectivity index (χ0v) is 13.2. The summed E-state index contributed by atoms with van der Waals surface area (Å²) in [5.41, 5.74) is 0. The second-order valence-electron chi connectivity index (χ2n) is 5.20. The molecule has 0 aromatic rings. The molecule has 1 atom stereocenters. The van der Waals surface area contributed by atoms with Gasteiger partial charge in [0.25, 0.3) is 0 Å². The van der Waals surface area contributed by atoms with Gasteiger partial charge >= 0.3 is 5.97 Å². The van der Waals surface area contributed by atoms with E-state index in [0.29, 0.717) is 6.42 Å². The van der Waals surface area contributed by atoms with Crippen LogP contribution < -0.4 is 0 Å². The van der Waals surface area contributed by atoms with Crippen LogP contribution in [0.5, 0.6) is 0 Å². The van der Waals surface area contributed by atoms with Crippen molar-refractivity contribution in [1.82, 2.24) is 0 Å². The largest absolute Gasteiger partial charge is 0.481 e. The number of aliphatic hydroxyl groups is 1. The number of aliphatic carboxylic acids is 1. The Balaban J connectivity index is 3.35. The number of unbranched alkanes of at least 4 members (excludes halogenated alkanes) is 5. The highest BCUT2D eigenvalue weighted by Gasteiger charge is 1.95. The van der Waals surface area contributed by atoms with E-state index in [1.165, 1.54) is 12.8 Å². The monoisotopic (exact) mass is 294 g/mol. The standard InChI is InChI=1S/C18H30O3/c1-2-17(19)15-13-11-9-7-5-3-4-6-8-10-12-14-16-18(20)21/h3,5,9,11,13,15,17,19H,2,4,6-8,10,12,14,16H2,1H3,(H,20,21)/b5-3-,11-9-,15-13+. The smallest absolute Gasteiger partial charge is 0.303 e. The summed E-state index contributed by atoms with van der Waals surface area (Å²) >= 11 is 0. The van der Waals surface area contributed by atoms with Crippen molar-refractivity contribution in [3.8, 4) is 0 Å². The molecular weight excluding hydrogens is 264 g/mol. The number of hydrogen-bond acceptors (Lipinski definition) is 2. The predicted octanol–water partition coefficient (Wildman–Crippen LogP) is 4.63. The lowest BCUT2D eigenvalue weighted by molar-refractivity contribution is -0.137. The number of hydrogen-bond donors (Lipinski definition) is 2. The highest BCUT2D eigenvalue weighted by Crippen LogP contribution is 2.07. The first kappa shape index (κ1) is 19.7. The van der Waals surface area contributed by atoms with E-state index in [9.17, 15) is 9.90 Å². The third kappa shape index (κ3) is 16.6. The maximum Gasteiger partial charge on any atom is 0.303 e. The highest BCUT2D eigenvalue weighted by atomic mass is 16.4. The second-order valence-corrected chi connectivity index (χ2v) is 5.20. The molecule has 21 heavy (non-hydrogen) atoms. The van der Waals surface area contributed by atoms with Crippen LogP contribution >= 0.6 is 0 Å². The fraction of sp³-hybridized carbons (Fsp3) is 0.611. The maximum atomic E-state index is 10.3. The van der Waals surface area contributed by atoms with Crippen molar-refractivity contribution in [2.24, 2.45) is 0 Å². The molecule has 3 nitrogen and oxygen atoms in total. The number of carboxylic acid groups (broad SMARTS) is 1. The zero-order valence-electron chi connectivity index (χ0n) is 13.2. The molecule has 0 aromatic carbocycles. The number of aliphatic hydroxyl groups excluding tert-OH is 1. The van der Waals surface area contributed by atoms with Gasteiger partial charge in [-0.15, -0.1) is 0 Å². The SMILES string of the molecule is CCC(O)/C=C/C=C\C/C=C\CCCCCCCC(=O)O. The van der Waals surface area contributed by atoms with Crippen LogP contribution in [-0.4, -0.2) is 22.3 Å². The summed E-state index contributed by atoms with van der Waals surface area (Å²) in [7, 11) is 0. The molecule has 0 aliphatic rings. The molecule has 0 aliphatic carbocycles. The molecule has 0 spiro atoms. The quantitative estimate of drug-likeness (QED) is 0.296. The summed E-state index contributed by atoms with van der Waals surface area (Å²) < 4.78 is 0. The highest BCUT2D eigenvalue weighted by molar-refractivity contribution is 5.66. The zero-order chi connectivity index (χ0) is 15.8. The van der Waals surface area contributed by atoms with Gasteiger partial charge in [-0.1, -0.05) is 62.6 Å². The lowest BCUT2D eigenvalue weighted by Gasteiger charge is -1.98. The van der Waals surface area contributed by atoms with Crippen molar-refractivity contribution < 1.29 is 15.0 Å². The number of rotatable bonds is 13. The van der Waals surface area contributed by atoms with Gasteiger partial charge in [0.2, 0.25) is 0 Å². The van der Waals surface area contributed by atoms with Gasteiger partial charge in [0.05, 0.1) is 6.10 Å². The topological polar surface area (TPSA) is 57.5 Å². The third-order valence-electron chi connectivity index (χ3n) is 3.20. The molecule has 0 saturated carbocycles. The van der Waals surface area contributed by atoms with Crippen molar-refractivity contribution in [1.29, 1.82) is 0 Å². The van der Waals surface area contributed by atoms with Gasteiger partial charge in [0.1, 0.15) is 0 Å². The van der Waals surface area contributed by atoms with E-state index in [4.69, 9.17) is 5.11 Å². The molecule has 0 saturated heterocycles. The molecule has 2 N–H and O–H groups in total. The Kier molecular flexibility index (Phi) is 14.1. The molecule has 0 aliphatic heterocycles. The van der Waals surface area contributed by atoms with Gasteiger partial charge in [-0.2, -0.15) is 0 Å². The van der Waals surface area contributed by atoms with Crippen molar-refractivity contribution in [2.45, 2.75) is 70.8 Å². The third-order valence-corrected chi connectivity index (χ3v) is 3.20. The number of allylic oxidation sites excluding steroid dienone is 5. The molecule has 0 radical (unpaired) electrons. The van der Waals surface area contributed by atoms with Crippen LogP contribution in [-0.2, 0) is 4.79 Å². The molecule has 0 rings (SSSR count). The van der Waals surface area contributed by atoms with Crippen molar-refractivity contribution >= 4 is 5.97 Å². The second kappa shape index (κ2) is 15.0. The summed E-state index contributed by atoms with van der Waals surface area (Å²) in [5.74, 6) is -0.690. The lowest BCUT2D eigenvalue weighted by Crippen LogP contribution is -1.97. The fourth-order valence-electron chi connectivity index (χ4n) is 1.85. The normalized spacial score (nSPS) is 13.6. The summed E-state index contributed by atoms with van der Waals surface area (Å²) in [5, 5.41) is 17.8. The van der Waals surface area contributed by atoms with Crippen LogP contribution in [0, 0.1) is 0 Å². The molecule has 120 valence electrons. The van der Waals surface area contributed by atoms with Crippen LogP contribution in [0.4, 0.5) is 0 Å². The summed E-state index contributed by atoms with van der Waals surface area (Å²) in [6.45, 7) is 1.95. The molecule has 0 heterocycles. The Labute approximate surface area is 129 Å². The minimum atomic E-state index is -0.690. The molecule has 1 unspecified atom stereocenters. The first-order valence-corrected chi connectivity index (χ1v) is 8.05. The minimum absolute atomic E-state index is 0.302. The van der Waals surface area contributed by atoms with E-state index >= 15 is 0 Å². The molecule has 0 amide bonds. The molecule has 3 heteroatoms. The Bertz CT molecular complexity index is 329. The average molecular weight is 294 g/mol. The van der Waals surface area contributed by atoms with Crippen LogP contribution in [0.25, 0.3) is 0 Å². The summed E-state index contributed by atoms with van der Waals surface area (Å²) in [6, 6.07) is 0. The molecule has 0 fully saturated rings. The lowest BCUT2D eigenvalue weighted by atomic mass is 10.1. The first-order valence-electron chi connectivity index (χ1n) is 8.05. The van der Waals surface area contributed by atoms with Gasteiger partial charge in [-0.3, -0.25) is 4.79 Å². The van der Waals surface area contributed by atoms with Crippen LogP contribution in [0.15, 0.2) is 36.5 Å². The van der Waals surface area contributed by atoms with Gasteiger partial charge in [0.15, 0.2) is 0 Å². The average Bonchev–Trinajstić information content (AvgIpc) is 2.46. The van der Waals surface area contributed by atoms with E-state index in [0.717, 1.165) is 38.5 Å². The molecule has 0 aromatic heterocycles. The van der Waals surface area contributed by atoms with Crippen LogP contribution in [0.2, 0.25) is 0 Å². The summed E-state index contributed by atoms with van der Waals surface area (Å²) in [4.78, 5) is 10.3. The van der Waals surface area contributed by atoms with E-state index in [1.807, 2.05) is 19.1 Å². The van der Waals surface area contributed by atoms with E-state index in [1.54, 1.807) is 6.08 Å². The number of carbonyl (C=O) groups is 1. The van der Waals surface area contributed by atoms with Crippen molar-refractivity contribution in [3.63, 3.8) is 0 Å². The van der Waals surface area contributed by atoms with E-state index in [2.05, 4.69) is 18.2 Å². The van der Waals surface area contributed by atoms with Gasteiger partial charge < -0.3 is 10.2 Å². The Hall–Kier alpha value is -1.35. The Morgan fingerprint density at radius 3 is 2.43 bits per heavy atom. The maximum absolute atomic E-state index is 10.3. The van der Waals surface area contributed by atoms with Gasteiger partial charge in [-0.05, 0) is 32.1 Å². The Morgan fingerprint density at radius 1 is 1.00 bits per heavy atom. The fourth-order valence-corrected chi connectivity index (χ4v) is 1.85. The van der Waals surface area contributed by atoms with Crippen LogP contribution in [0.3, 0.4) is 0 Å². The van der Waals surface area contributed by atoms with Gasteiger partial charge in [0, 0.05) is 6.42 Å². The minimum Gasteiger partial charge on any atom is -0.481 e. The van der Waals surface area contributed by atoms with E-state index < -0.39 is 5.97 Å². The Morgan fingerprint density at radius 2 is 1.71 bits per heavy atom. The molecular formula is C18H30O3. The van der Waals surface area contributed by atoms with Crippen LogP contribution in [0.1, 0.15) is 64.7 Å². The van der Waals surface area contributed by atoms with Crippen molar-refractivity contribution in [2.75, 3.05) is 0 Å². The number of carboxylic acids is 1. The van der Waals surface area contributed by atoms with E-state index in [-0.39, 0.29) is 6.10 Å². The molecule has 0 bridgehead atoms. The first-order chi connectivity index (χ1) is 10.2. The van der Waals surface area contributed by atoms with Gasteiger partial charge in [-0.25, -0.2) is 0 Å². The summed E-state index contributed by atoms with van der Waals surface area (Å²) in [6.07, 6.45) is 20.1. The predicted molar refractivity (Wildman–Crippen MR) is 88.3 cm³/mol.